The number of carbonyl (C=O) groups excluding carboxylic acids is 3. The topological polar surface area (TPSA) is 93.7 Å². The lowest BCUT2D eigenvalue weighted by Gasteiger charge is -2.20. The van der Waals surface area contributed by atoms with Gasteiger partial charge >= 0.3 is 5.97 Å². The number of hydrogen-bond acceptors (Lipinski definition) is 7. The fourth-order valence-corrected chi connectivity index (χ4v) is 4.62. The number of hydrogen-bond donors (Lipinski definition) is 2. The molecule has 0 saturated carbocycles. The summed E-state index contributed by atoms with van der Waals surface area (Å²) in [5.41, 5.74) is 3.30. The van der Waals surface area contributed by atoms with Crippen molar-refractivity contribution in [1.29, 1.82) is 0 Å². The molecule has 216 valence electrons. The summed E-state index contributed by atoms with van der Waals surface area (Å²) in [5.74, 6) is 0.147. The number of carbonyl (C=O) groups is 3. The van der Waals surface area contributed by atoms with E-state index in [1.807, 2.05) is 66.7 Å². The Bertz CT molecular complexity index is 1490. The van der Waals surface area contributed by atoms with Crippen LogP contribution in [0.4, 0.5) is 5.69 Å². The molecule has 0 heterocycles. The van der Waals surface area contributed by atoms with Gasteiger partial charge in [0.25, 0.3) is 0 Å². The summed E-state index contributed by atoms with van der Waals surface area (Å²) < 4.78 is 10.8. The lowest BCUT2D eigenvalue weighted by Crippen LogP contribution is -2.33. The van der Waals surface area contributed by atoms with Gasteiger partial charge in [-0.1, -0.05) is 84.4 Å². The Balaban J connectivity index is 1.29. The van der Waals surface area contributed by atoms with Crippen molar-refractivity contribution < 1.29 is 23.9 Å². The molecule has 0 aliphatic carbocycles. The summed E-state index contributed by atoms with van der Waals surface area (Å²) in [7, 11) is 1.34. The Morgan fingerprint density at radius 1 is 0.833 bits per heavy atom. The second-order valence-corrected chi connectivity index (χ2v) is 10.0. The molecule has 0 amide bonds. The van der Waals surface area contributed by atoms with E-state index in [2.05, 4.69) is 10.6 Å². The van der Waals surface area contributed by atoms with Crippen molar-refractivity contribution in [3.63, 3.8) is 0 Å². The molecule has 1 unspecified atom stereocenters. The second kappa shape index (κ2) is 15.5. The van der Waals surface area contributed by atoms with Crippen LogP contribution in [0.15, 0.2) is 103 Å². The maximum Gasteiger partial charge on any atom is 0.328 e. The molecule has 2 N–H and O–H groups in total. The molecule has 0 fully saturated rings. The smallest absolute Gasteiger partial charge is 0.328 e. The molecular formula is C34H33ClN2O5. The van der Waals surface area contributed by atoms with E-state index in [1.54, 1.807) is 36.4 Å². The van der Waals surface area contributed by atoms with Crippen LogP contribution in [0.1, 0.15) is 27.0 Å². The molecule has 0 radical (unpaired) electrons. The van der Waals surface area contributed by atoms with E-state index in [-0.39, 0.29) is 24.5 Å². The highest BCUT2D eigenvalue weighted by atomic mass is 35.5. The van der Waals surface area contributed by atoms with Gasteiger partial charge in [0.05, 0.1) is 13.7 Å². The standard InChI is InChI=1S/C34H33ClN2O5/c1-41-34(40)32(37-31-14-8-6-12-29(31)33(39)25-9-3-2-4-10-25)21-24-15-17-28(18-16-24)42-20-19-36-23-27(38)22-26-11-5-7-13-30(26)35/h2-18,32,36-37H,19-23H2,1H3. The number of para-hydroxylation sites is 1. The van der Waals surface area contributed by atoms with Gasteiger partial charge in [0.2, 0.25) is 0 Å². The molecule has 8 heteroatoms. The molecular weight excluding hydrogens is 552 g/mol. The lowest BCUT2D eigenvalue weighted by atomic mass is 10.00. The van der Waals surface area contributed by atoms with Crippen molar-refractivity contribution in [3.05, 3.63) is 130 Å². The van der Waals surface area contributed by atoms with Gasteiger partial charge in [-0.15, -0.1) is 0 Å². The average Bonchev–Trinajstić information content (AvgIpc) is 3.02. The maximum atomic E-state index is 13.1. The number of halogens is 1. The minimum atomic E-state index is -0.709. The largest absolute Gasteiger partial charge is 0.492 e. The Morgan fingerprint density at radius 3 is 2.26 bits per heavy atom. The van der Waals surface area contributed by atoms with Gasteiger partial charge in [0.1, 0.15) is 18.4 Å². The van der Waals surface area contributed by atoms with Crippen LogP contribution in [0, 0.1) is 0 Å². The Labute approximate surface area is 250 Å². The van der Waals surface area contributed by atoms with Gasteiger partial charge in [-0.25, -0.2) is 4.79 Å². The molecule has 0 saturated heterocycles. The minimum absolute atomic E-state index is 0.0493. The van der Waals surface area contributed by atoms with Crippen molar-refractivity contribution in [3.8, 4) is 5.75 Å². The first-order chi connectivity index (χ1) is 20.4. The van der Waals surface area contributed by atoms with Crippen LogP contribution in [0.5, 0.6) is 5.75 Å². The van der Waals surface area contributed by atoms with Crippen molar-refractivity contribution in [2.75, 3.05) is 32.1 Å². The molecule has 0 aromatic heterocycles. The van der Waals surface area contributed by atoms with Gasteiger partial charge in [-0.05, 0) is 41.5 Å². The van der Waals surface area contributed by atoms with E-state index < -0.39 is 12.0 Å². The summed E-state index contributed by atoms with van der Waals surface area (Å²) >= 11 is 6.13. The fraction of sp³-hybridized carbons (Fsp3) is 0.206. The molecule has 4 rings (SSSR count). The lowest BCUT2D eigenvalue weighted by molar-refractivity contribution is -0.141. The Kier molecular flexibility index (Phi) is 11.3. The van der Waals surface area contributed by atoms with Gasteiger partial charge in [-0.3, -0.25) is 9.59 Å². The number of ketones is 2. The highest BCUT2D eigenvalue weighted by Crippen LogP contribution is 2.22. The van der Waals surface area contributed by atoms with Crippen LogP contribution < -0.4 is 15.4 Å². The highest BCUT2D eigenvalue weighted by molar-refractivity contribution is 6.31. The normalized spacial score (nSPS) is 11.4. The Hall–Kier alpha value is -4.46. The van der Waals surface area contributed by atoms with Gasteiger partial charge in [0, 0.05) is 41.2 Å². The van der Waals surface area contributed by atoms with E-state index in [0.717, 1.165) is 11.1 Å². The molecule has 4 aromatic carbocycles. The van der Waals surface area contributed by atoms with Crippen molar-refractivity contribution in [2.45, 2.75) is 18.9 Å². The van der Waals surface area contributed by atoms with Gasteiger partial charge < -0.3 is 20.1 Å². The zero-order valence-corrected chi connectivity index (χ0v) is 24.1. The molecule has 42 heavy (non-hydrogen) atoms. The van der Waals surface area contributed by atoms with Crippen LogP contribution in [0.2, 0.25) is 5.02 Å². The number of esters is 1. The van der Waals surface area contributed by atoms with Crippen molar-refractivity contribution >= 4 is 34.8 Å². The summed E-state index contributed by atoms with van der Waals surface area (Å²) in [4.78, 5) is 38.0. The average molecular weight is 585 g/mol. The predicted octanol–water partition coefficient (Wildman–Crippen LogP) is 5.55. The summed E-state index contributed by atoms with van der Waals surface area (Å²) in [6, 6.07) is 30.2. The molecule has 7 nitrogen and oxygen atoms in total. The SMILES string of the molecule is COC(=O)C(Cc1ccc(OCCNCC(=O)Cc2ccccc2Cl)cc1)Nc1ccccc1C(=O)c1ccccc1. The minimum Gasteiger partial charge on any atom is -0.492 e. The van der Waals surface area contributed by atoms with Crippen LogP contribution in [-0.4, -0.2) is 50.4 Å². The van der Waals surface area contributed by atoms with Gasteiger partial charge in [-0.2, -0.15) is 0 Å². The number of ether oxygens (including phenoxy) is 2. The number of anilines is 1. The number of nitrogens with one attached hydrogen (secondary N) is 2. The number of Topliss-reactive ketones (excluding diaryl/α,β-unsaturated/α-hetero) is 1. The molecule has 0 aliphatic rings. The first-order valence-electron chi connectivity index (χ1n) is 13.7. The van der Waals surface area contributed by atoms with E-state index in [1.165, 1.54) is 7.11 Å². The molecule has 1 atom stereocenters. The Morgan fingerprint density at radius 2 is 1.52 bits per heavy atom. The molecule has 0 bridgehead atoms. The van der Waals surface area contributed by atoms with E-state index in [0.29, 0.717) is 47.2 Å². The fourth-order valence-electron chi connectivity index (χ4n) is 4.42. The first-order valence-corrected chi connectivity index (χ1v) is 14.0. The number of benzene rings is 4. The quantitative estimate of drug-likeness (QED) is 0.108. The third kappa shape index (κ3) is 8.77. The summed E-state index contributed by atoms with van der Waals surface area (Å²) in [6.45, 7) is 1.12. The zero-order valence-electron chi connectivity index (χ0n) is 23.3. The van der Waals surface area contributed by atoms with Crippen molar-refractivity contribution in [2.24, 2.45) is 0 Å². The third-order valence-corrected chi connectivity index (χ3v) is 6.97. The van der Waals surface area contributed by atoms with E-state index in [4.69, 9.17) is 21.1 Å². The summed E-state index contributed by atoms with van der Waals surface area (Å²) in [6.07, 6.45) is 0.626. The molecule has 0 aliphatic heterocycles. The van der Waals surface area contributed by atoms with Crippen LogP contribution in [0.3, 0.4) is 0 Å². The van der Waals surface area contributed by atoms with E-state index >= 15 is 0 Å². The molecule has 0 spiro atoms. The maximum absolute atomic E-state index is 13.1. The summed E-state index contributed by atoms with van der Waals surface area (Å²) in [5, 5.41) is 6.91. The van der Waals surface area contributed by atoms with Gasteiger partial charge in [0.15, 0.2) is 11.6 Å². The van der Waals surface area contributed by atoms with Crippen molar-refractivity contribution in [1.82, 2.24) is 5.32 Å². The predicted molar refractivity (Wildman–Crippen MR) is 164 cm³/mol. The number of methoxy groups -OCH3 is 1. The monoisotopic (exact) mass is 584 g/mol. The third-order valence-electron chi connectivity index (χ3n) is 6.60. The zero-order chi connectivity index (χ0) is 29.7. The van der Waals surface area contributed by atoms with Crippen LogP contribution in [-0.2, 0) is 27.2 Å². The van der Waals surface area contributed by atoms with Crippen LogP contribution in [0.25, 0.3) is 0 Å². The molecule has 4 aromatic rings. The highest BCUT2D eigenvalue weighted by Gasteiger charge is 2.22. The van der Waals surface area contributed by atoms with Crippen LogP contribution >= 0.6 is 11.6 Å². The van der Waals surface area contributed by atoms with E-state index in [9.17, 15) is 14.4 Å². The number of rotatable bonds is 15. The first kappa shape index (κ1) is 30.5. The second-order valence-electron chi connectivity index (χ2n) is 9.64.